The van der Waals surface area contributed by atoms with Gasteiger partial charge in [-0.25, -0.2) is 4.79 Å². The Morgan fingerprint density at radius 2 is 1.94 bits per heavy atom. The van der Waals surface area contributed by atoms with E-state index in [0.717, 1.165) is 10.5 Å². The van der Waals surface area contributed by atoms with Crippen molar-refractivity contribution in [3.63, 3.8) is 0 Å². The number of imide groups is 2. The van der Waals surface area contributed by atoms with Crippen LogP contribution in [0.5, 0.6) is 5.75 Å². The van der Waals surface area contributed by atoms with Gasteiger partial charge in [-0.1, -0.05) is 18.2 Å². The lowest BCUT2D eigenvalue weighted by Crippen LogP contribution is -2.33. The average Bonchev–Trinajstić information content (AvgIpc) is 2.62. The summed E-state index contributed by atoms with van der Waals surface area (Å²) in [5, 5.41) is 1.95. The summed E-state index contributed by atoms with van der Waals surface area (Å²) in [5.74, 6) is -0.995. The molecule has 1 heterocycles. The number of hydrogen-bond acceptors (Lipinski definition) is 4. The van der Waals surface area contributed by atoms with Crippen molar-refractivity contribution in [3.8, 4) is 5.75 Å². The van der Waals surface area contributed by atoms with E-state index in [2.05, 4.69) is 0 Å². The number of amides is 4. The molecule has 0 bridgehead atoms. The molecule has 0 atom stereocenters. The smallest absolute Gasteiger partial charge is 0.331 e. The van der Waals surface area contributed by atoms with Gasteiger partial charge in [0.25, 0.3) is 0 Å². The van der Waals surface area contributed by atoms with E-state index in [1.807, 2.05) is 23.5 Å². The van der Waals surface area contributed by atoms with Crippen LogP contribution in [0.25, 0.3) is 0 Å². The van der Waals surface area contributed by atoms with E-state index in [4.69, 9.17) is 4.74 Å². The van der Waals surface area contributed by atoms with Gasteiger partial charge in [-0.15, -0.1) is 0 Å². The molecule has 1 saturated heterocycles. The van der Waals surface area contributed by atoms with E-state index in [0.29, 0.717) is 12.2 Å². The molecular formula is C12H12N2O4. The minimum atomic E-state index is -0.875. The second-order valence-electron chi connectivity index (χ2n) is 3.78. The molecule has 1 fully saturated rings. The van der Waals surface area contributed by atoms with Gasteiger partial charge in [0, 0.05) is 6.54 Å². The van der Waals surface area contributed by atoms with Gasteiger partial charge in [0.15, 0.2) is 0 Å². The number of rotatable bonds is 4. The third-order valence-electron chi connectivity index (χ3n) is 2.70. The Bertz CT molecular complexity index is 513. The Labute approximate surface area is 104 Å². The molecule has 6 heteroatoms. The Morgan fingerprint density at radius 3 is 2.56 bits per heavy atom. The predicted octanol–water partition coefficient (Wildman–Crippen LogP) is 0.316. The van der Waals surface area contributed by atoms with Crippen LogP contribution >= 0.6 is 0 Å². The average molecular weight is 248 g/mol. The summed E-state index contributed by atoms with van der Waals surface area (Å²) in [4.78, 5) is 34.5. The fraction of sp³-hybridized carbons (Fsp3) is 0.250. The third kappa shape index (κ3) is 2.17. The van der Waals surface area contributed by atoms with Gasteiger partial charge in [0.05, 0.1) is 7.11 Å². The summed E-state index contributed by atoms with van der Waals surface area (Å²) in [5.41, 5.74) is 0.875. The molecule has 0 radical (unpaired) electrons. The molecule has 1 aromatic carbocycles. The zero-order valence-electron chi connectivity index (χ0n) is 9.80. The van der Waals surface area contributed by atoms with Crippen LogP contribution in [-0.4, -0.2) is 36.4 Å². The lowest BCUT2D eigenvalue weighted by Gasteiger charge is -2.12. The van der Waals surface area contributed by atoms with Gasteiger partial charge in [0.1, 0.15) is 5.75 Å². The standard InChI is InChI=1S/C12H12N2O4/c1-18-9-5-3-2-4-8(9)6-7-14-11(16)10(15)13-12(14)17/h2-5H,6-7H2,1H3,(H,13,15,17). The number of carbonyl (C=O) groups is 3. The number of nitrogens with zero attached hydrogens (tertiary/aromatic N) is 1. The maximum absolute atomic E-state index is 11.4. The van der Waals surface area contributed by atoms with Gasteiger partial charge in [-0.2, -0.15) is 0 Å². The van der Waals surface area contributed by atoms with E-state index in [-0.39, 0.29) is 6.54 Å². The molecule has 0 aromatic heterocycles. The first-order chi connectivity index (χ1) is 8.63. The van der Waals surface area contributed by atoms with Crippen molar-refractivity contribution in [3.05, 3.63) is 29.8 Å². The number of para-hydroxylation sites is 1. The van der Waals surface area contributed by atoms with Crippen molar-refractivity contribution >= 4 is 17.8 Å². The fourth-order valence-electron chi connectivity index (χ4n) is 1.78. The quantitative estimate of drug-likeness (QED) is 0.615. The van der Waals surface area contributed by atoms with E-state index < -0.39 is 17.8 Å². The normalized spacial score (nSPS) is 14.9. The number of benzene rings is 1. The molecule has 0 unspecified atom stereocenters. The maximum Gasteiger partial charge on any atom is 0.331 e. The maximum atomic E-state index is 11.4. The van der Waals surface area contributed by atoms with E-state index in [1.165, 1.54) is 0 Å². The molecule has 6 nitrogen and oxygen atoms in total. The summed E-state index contributed by atoms with van der Waals surface area (Å²) in [7, 11) is 1.55. The van der Waals surface area contributed by atoms with Gasteiger partial charge in [-0.05, 0) is 18.1 Å². The molecular weight excluding hydrogens is 236 g/mol. The van der Waals surface area contributed by atoms with Gasteiger partial charge < -0.3 is 4.74 Å². The predicted molar refractivity (Wildman–Crippen MR) is 61.9 cm³/mol. The van der Waals surface area contributed by atoms with Crippen LogP contribution in [0, 0.1) is 0 Å². The molecule has 0 spiro atoms. The van der Waals surface area contributed by atoms with Crippen LogP contribution in [0.2, 0.25) is 0 Å². The zero-order valence-corrected chi connectivity index (χ0v) is 9.80. The molecule has 0 aliphatic carbocycles. The highest BCUT2D eigenvalue weighted by atomic mass is 16.5. The van der Waals surface area contributed by atoms with Crippen molar-refractivity contribution in [2.24, 2.45) is 0 Å². The first-order valence-corrected chi connectivity index (χ1v) is 5.42. The lowest BCUT2D eigenvalue weighted by molar-refractivity contribution is -0.140. The summed E-state index contributed by atoms with van der Waals surface area (Å²) in [6.45, 7) is 0.150. The summed E-state index contributed by atoms with van der Waals surface area (Å²) in [6, 6.07) is 6.65. The number of hydrogen-bond donors (Lipinski definition) is 1. The Hall–Kier alpha value is -2.37. The van der Waals surface area contributed by atoms with E-state index in [1.54, 1.807) is 13.2 Å². The second-order valence-corrected chi connectivity index (χ2v) is 3.78. The van der Waals surface area contributed by atoms with Crippen LogP contribution in [0.15, 0.2) is 24.3 Å². The summed E-state index contributed by atoms with van der Waals surface area (Å²) >= 11 is 0. The number of ether oxygens (including phenoxy) is 1. The molecule has 2 rings (SSSR count). The molecule has 1 aliphatic heterocycles. The minimum Gasteiger partial charge on any atom is -0.496 e. The SMILES string of the molecule is COc1ccccc1CCN1C(=O)NC(=O)C1=O. The largest absolute Gasteiger partial charge is 0.496 e. The number of urea groups is 1. The Kier molecular flexibility index (Phi) is 3.27. The second kappa shape index (κ2) is 4.87. The highest BCUT2D eigenvalue weighted by molar-refractivity contribution is 6.44. The summed E-state index contributed by atoms with van der Waals surface area (Å²) in [6.07, 6.45) is 0.441. The Balaban J connectivity index is 2.06. The molecule has 1 aliphatic rings. The Morgan fingerprint density at radius 1 is 1.22 bits per heavy atom. The first-order valence-electron chi connectivity index (χ1n) is 5.42. The number of methoxy groups -OCH3 is 1. The molecule has 0 saturated carbocycles. The minimum absolute atomic E-state index is 0.150. The zero-order chi connectivity index (χ0) is 13.1. The van der Waals surface area contributed by atoms with Crippen LogP contribution in [0.3, 0.4) is 0 Å². The highest BCUT2D eigenvalue weighted by Crippen LogP contribution is 2.18. The highest BCUT2D eigenvalue weighted by Gasteiger charge is 2.36. The first kappa shape index (κ1) is 12.1. The molecule has 18 heavy (non-hydrogen) atoms. The lowest BCUT2D eigenvalue weighted by atomic mass is 10.1. The van der Waals surface area contributed by atoms with Crippen molar-refractivity contribution in [1.82, 2.24) is 10.2 Å². The van der Waals surface area contributed by atoms with Crippen molar-refractivity contribution in [1.29, 1.82) is 0 Å². The van der Waals surface area contributed by atoms with Crippen LogP contribution in [-0.2, 0) is 16.0 Å². The number of nitrogens with one attached hydrogen (secondary N) is 1. The van der Waals surface area contributed by atoms with E-state index in [9.17, 15) is 14.4 Å². The van der Waals surface area contributed by atoms with Gasteiger partial charge in [0.2, 0.25) is 0 Å². The van der Waals surface area contributed by atoms with Gasteiger partial charge in [-0.3, -0.25) is 19.8 Å². The fourth-order valence-corrected chi connectivity index (χ4v) is 1.78. The molecule has 1 aromatic rings. The van der Waals surface area contributed by atoms with E-state index >= 15 is 0 Å². The summed E-state index contributed by atoms with van der Waals surface area (Å²) < 4.78 is 5.16. The topological polar surface area (TPSA) is 75.7 Å². The molecule has 1 N–H and O–H groups in total. The van der Waals surface area contributed by atoms with Crippen molar-refractivity contribution in [2.45, 2.75) is 6.42 Å². The molecule has 94 valence electrons. The molecule has 4 amide bonds. The van der Waals surface area contributed by atoms with Crippen LogP contribution in [0.4, 0.5) is 4.79 Å². The number of carbonyl (C=O) groups excluding carboxylic acids is 3. The van der Waals surface area contributed by atoms with Crippen LogP contribution < -0.4 is 10.1 Å². The van der Waals surface area contributed by atoms with Gasteiger partial charge >= 0.3 is 17.8 Å². The van der Waals surface area contributed by atoms with Crippen molar-refractivity contribution < 1.29 is 19.1 Å². The van der Waals surface area contributed by atoms with Crippen molar-refractivity contribution in [2.75, 3.05) is 13.7 Å². The third-order valence-corrected chi connectivity index (χ3v) is 2.70. The van der Waals surface area contributed by atoms with Crippen LogP contribution in [0.1, 0.15) is 5.56 Å². The monoisotopic (exact) mass is 248 g/mol.